The molecular formula is C8H14N2O3. The van der Waals surface area contributed by atoms with E-state index in [0.29, 0.717) is 6.42 Å². The number of carbonyl (C=O) groups excluding carboxylic acids is 3. The molecule has 5 heteroatoms. The minimum atomic E-state index is -0.949. The van der Waals surface area contributed by atoms with Crippen molar-refractivity contribution in [2.75, 3.05) is 0 Å². The second kappa shape index (κ2) is 5.42. The average Bonchev–Trinajstić information content (AvgIpc) is 1.98. The molecule has 0 rings (SSSR count). The van der Waals surface area contributed by atoms with Gasteiger partial charge in [-0.15, -0.1) is 0 Å². The van der Waals surface area contributed by atoms with Crippen molar-refractivity contribution < 1.29 is 14.4 Å². The monoisotopic (exact) mass is 186 g/mol. The van der Waals surface area contributed by atoms with Crippen molar-refractivity contribution in [3.8, 4) is 0 Å². The standard InChI is InChI=1S/C8H14N2O3/c1-5(11)4-6(9)2-3-7(12)8(10)13/h6H,2-4,9H2,1H3,(H2,10,13)/t6-/m0/s1. The maximum atomic E-state index is 10.7. The molecule has 0 aliphatic heterocycles. The summed E-state index contributed by atoms with van der Waals surface area (Å²) in [5.74, 6) is -1.62. The van der Waals surface area contributed by atoms with Gasteiger partial charge in [-0.25, -0.2) is 0 Å². The molecule has 1 atom stereocenters. The van der Waals surface area contributed by atoms with Crippen molar-refractivity contribution in [3.05, 3.63) is 0 Å². The number of hydrogen-bond acceptors (Lipinski definition) is 4. The first-order chi connectivity index (χ1) is 5.93. The molecule has 5 nitrogen and oxygen atoms in total. The summed E-state index contributed by atoms with van der Waals surface area (Å²) >= 11 is 0. The Bertz CT molecular complexity index is 225. The normalized spacial score (nSPS) is 12.2. The minimum Gasteiger partial charge on any atom is -0.363 e. The zero-order chi connectivity index (χ0) is 10.4. The third-order valence-electron chi connectivity index (χ3n) is 1.57. The number of primary amides is 1. The number of Topliss-reactive ketones (excluding diaryl/α,β-unsaturated/α-hetero) is 2. The van der Waals surface area contributed by atoms with Crippen molar-refractivity contribution in [2.24, 2.45) is 11.5 Å². The Kier molecular flexibility index (Phi) is 4.91. The van der Waals surface area contributed by atoms with E-state index in [2.05, 4.69) is 0 Å². The highest BCUT2D eigenvalue weighted by atomic mass is 16.2. The lowest BCUT2D eigenvalue weighted by atomic mass is 10.0. The van der Waals surface area contributed by atoms with Crippen LogP contribution in [0.2, 0.25) is 0 Å². The summed E-state index contributed by atoms with van der Waals surface area (Å²) in [5, 5.41) is 0. The molecule has 0 aromatic heterocycles. The van der Waals surface area contributed by atoms with E-state index in [-0.39, 0.29) is 24.7 Å². The molecule has 1 amide bonds. The minimum absolute atomic E-state index is 0.0176. The van der Waals surface area contributed by atoms with Crippen LogP contribution in [0.3, 0.4) is 0 Å². The van der Waals surface area contributed by atoms with Gasteiger partial charge in [0.2, 0.25) is 5.78 Å². The Hall–Kier alpha value is -1.23. The van der Waals surface area contributed by atoms with Gasteiger partial charge in [-0.05, 0) is 13.3 Å². The molecule has 0 heterocycles. The number of hydrogen-bond donors (Lipinski definition) is 2. The van der Waals surface area contributed by atoms with E-state index in [4.69, 9.17) is 11.5 Å². The van der Waals surface area contributed by atoms with Gasteiger partial charge in [0.15, 0.2) is 0 Å². The second-order valence-electron chi connectivity index (χ2n) is 2.99. The molecule has 0 aliphatic rings. The van der Waals surface area contributed by atoms with Crippen LogP contribution in [0.5, 0.6) is 0 Å². The van der Waals surface area contributed by atoms with Crippen molar-refractivity contribution in [3.63, 3.8) is 0 Å². The predicted octanol–water partition coefficient (Wildman–Crippen LogP) is -0.873. The molecule has 0 unspecified atom stereocenters. The van der Waals surface area contributed by atoms with E-state index in [1.807, 2.05) is 0 Å². The largest absolute Gasteiger partial charge is 0.363 e. The maximum absolute atomic E-state index is 10.7. The summed E-state index contributed by atoms with van der Waals surface area (Å²) < 4.78 is 0. The van der Waals surface area contributed by atoms with Crippen molar-refractivity contribution in [1.29, 1.82) is 0 Å². The summed E-state index contributed by atoms with van der Waals surface area (Å²) in [7, 11) is 0. The fraction of sp³-hybridized carbons (Fsp3) is 0.625. The predicted molar refractivity (Wildman–Crippen MR) is 46.7 cm³/mol. The molecule has 0 fully saturated rings. The van der Waals surface area contributed by atoms with Gasteiger partial charge < -0.3 is 11.5 Å². The highest BCUT2D eigenvalue weighted by molar-refractivity contribution is 6.35. The number of ketones is 2. The second-order valence-corrected chi connectivity index (χ2v) is 2.99. The lowest BCUT2D eigenvalue weighted by Gasteiger charge is -2.06. The SMILES string of the molecule is CC(=O)C[C@@H](N)CCC(=O)C(N)=O. The Balaban J connectivity index is 3.70. The zero-order valence-electron chi connectivity index (χ0n) is 7.58. The van der Waals surface area contributed by atoms with E-state index in [1.54, 1.807) is 0 Å². The van der Waals surface area contributed by atoms with Crippen LogP contribution in [0.25, 0.3) is 0 Å². The van der Waals surface area contributed by atoms with Gasteiger partial charge in [0.1, 0.15) is 5.78 Å². The fourth-order valence-electron chi connectivity index (χ4n) is 0.911. The third kappa shape index (κ3) is 5.98. The van der Waals surface area contributed by atoms with Gasteiger partial charge in [0.05, 0.1) is 0 Å². The van der Waals surface area contributed by atoms with Gasteiger partial charge in [-0.1, -0.05) is 0 Å². The lowest BCUT2D eigenvalue weighted by molar-refractivity contribution is -0.136. The topological polar surface area (TPSA) is 103 Å². The van der Waals surface area contributed by atoms with Crippen molar-refractivity contribution in [1.82, 2.24) is 0 Å². The first-order valence-corrected chi connectivity index (χ1v) is 4.01. The molecule has 0 aliphatic carbocycles. The van der Waals surface area contributed by atoms with Crippen LogP contribution >= 0.6 is 0 Å². The lowest BCUT2D eigenvalue weighted by Crippen LogP contribution is -2.28. The van der Waals surface area contributed by atoms with Crippen LogP contribution in [0.1, 0.15) is 26.2 Å². The fourth-order valence-corrected chi connectivity index (χ4v) is 0.911. The van der Waals surface area contributed by atoms with E-state index in [0.717, 1.165) is 0 Å². The van der Waals surface area contributed by atoms with E-state index < -0.39 is 11.7 Å². The smallest absolute Gasteiger partial charge is 0.284 e. The Morgan fingerprint density at radius 2 is 1.85 bits per heavy atom. The summed E-state index contributed by atoms with van der Waals surface area (Å²) in [5.41, 5.74) is 10.2. The molecule has 13 heavy (non-hydrogen) atoms. The molecule has 0 aromatic rings. The van der Waals surface area contributed by atoms with Crippen LogP contribution < -0.4 is 11.5 Å². The van der Waals surface area contributed by atoms with Crippen LogP contribution in [0.15, 0.2) is 0 Å². The zero-order valence-corrected chi connectivity index (χ0v) is 7.58. The third-order valence-corrected chi connectivity index (χ3v) is 1.57. The van der Waals surface area contributed by atoms with Crippen molar-refractivity contribution in [2.45, 2.75) is 32.2 Å². The number of amides is 1. The van der Waals surface area contributed by atoms with Crippen molar-refractivity contribution >= 4 is 17.5 Å². The average molecular weight is 186 g/mol. The van der Waals surface area contributed by atoms with Gasteiger partial charge in [-0.3, -0.25) is 14.4 Å². The molecule has 0 aromatic carbocycles. The highest BCUT2D eigenvalue weighted by Crippen LogP contribution is 2.00. The van der Waals surface area contributed by atoms with Crippen LogP contribution in [-0.4, -0.2) is 23.5 Å². The Morgan fingerprint density at radius 3 is 2.23 bits per heavy atom. The molecule has 0 saturated carbocycles. The molecule has 0 radical (unpaired) electrons. The van der Waals surface area contributed by atoms with Crippen LogP contribution in [-0.2, 0) is 14.4 Å². The summed E-state index contributed by atoms with van der Waals surface area (Å²) in [4.78, 5) is 31.6. The molecule has 0 saturated heterocycles. The first-order valence-electron chi connectivity index (χ1n) is 4.01. The summed E-state index contributed by atoms with van der Waals surface area (Å²) in [6.07, 6.45) is 0.567. The van der Waals surface area contributed by atoms with E-state index in [1.165, 1.54) is 6.92 Å². The molecule has 0 bridgehead atoms. The number of carbonyl (C=O) groups is 3. The molecule has 74 valence electrons. The Morgan fingerprint density at radius 1 is 1.31 bits per heavy atom. The van der Waals surface area contributed by atoms with E-state index in [9.17, 15) is 14.4 Å². The van der Waals surface area contributed by atoms with Crippen LogP contribution in [0, 0.1) is 0 Å². The number of rotatable bonds is 6. The van der Waals surface area contributed by atoms with Crippen LogP contribution in [0.4, 0.5) is 0 Å². The number of nitrogens with two attached hydrogens (primary N) is 2. The summed E-state index contributed by atoms with van der Waals surface area (Å²) in [6.45, 7) is 1.43. The molecule has 4 N–H and O–H groups in total. The Labute approximate surface area is 76.5 Å². The molecular weight excluding hydrogens is 172 g/mol. The quantitative estimate of drug-likeness (QED) is 0.526. The van der Waals surface area contributed by atoms with Gasteiger partial charge in [0.25, 0.3) is 5.91 Å². The summed E-state index contributed by atoms with van der Waals surface area (Å²) in [6, 6.07) is -0.360. The van der Waals surface area contributed by atoms with E-state index >= 15 is 0 Å². The van der Waals surface area contributed by atoms with Gasteiger partial charge >= 0.3 is 0 Å². The maximum Gasteiger partial charge on any atom is 0.284 e. The highest BCUT2D eigenvalue weighted by Gasteiger charge is 2.12. The van der Waals surface area contributed by atoms with Gasteiger partial charge in [0, 0.05) is 18.9 Å². The first kappa shape index (κ1) is 11.8. The molecule has 0 spiro atoms. The van der Waals surface area contributed by atoms with Gasteiger partial charge in [-0.2, -0.15) is 0 Å².